The van der Waals surface area contributed by atoms with Crippen LogP contribution in [0.25, 0.3) is 5.69 Å². The van der Waals surface area contributed by atoms with Gasteiger partial charge in [0.25, 0.3) is 0 Å². The third-order valence-electron chi connectivity index (χ3n) is 3.86. The average molecular weight is 341 g/mol. The third-order valence-corrected chi connectivity index (χ3v) is 5.42. The lowest BCUT2D eigenvalue weighted by atomic mass is 10.1. The summed E-state index contributed by atoms with van der Waals surface area (Å²) in [6, 6.07) is 14.2. The van der Waals surface area contributed by atoms with Gasteiger partial charge in [0.15, 0.2) is 0 Å². The van der Waals surface area contributed by atoms with Crippen LogP contribution in [-0.2, 0) is 10.0 Å². The van der Waals surface area contributed by atoms with Crippen molar-refractivity contribution in [2.75, 3.05) is 0 Å². The molecule has 1 atom stereocenters. The Morgan fingerprint density at radius 3 is 2.29 bits per heavy atom. The highest BCUT2D eigenvalue weighted by molar-refractivity contribution is 7.89. The minimum absolute atomic E-state index is 0.273. The monoisotopic (exact) mass is 341 g/mol. The fourth-order valence-electron chi connectivity index (χ4n) is 2.43. The number of nitrogens with zero attached hydrogens (tertiary/aromatic N) is 2. The largest absolute Gasteiger partial charge is 0.306 e. The van der Waals surface area contributed by atoms with Crippen molar-refractivity contribution in [1.29, 1.82) is 0 Å². The minimum atomic E-state index is -3.54. The summed E-state index contributed by atoms with van der Waals surface area (Å²) in [5.41, 5.74) is 2.90. The Bertz CT molecular complexity index is 900. The summed E-state index contributed by atoms with van der Waals surface area (Å²) in [5.74, 6) is 0. The van der Waals surface area contributed by atoms with Crippen LogP contribution in [0.3, 0.4) is 0 Å². The smallest absolute Gasteiger partial charge is 0.241 e. The number of benzene rings is 2. The van der Waals surface area contributed by atoms with Crippen molar-refractivity contribution >= 4 is 10.0 Å². The van der Waals surface area contributed by atoms with Gasteiger partial charge in [-0.05, 0) is 43.7 Å². The molecular weight excluding hydrogens is 322 g/mol. The summed E-state index contributed by atoms with van der Waals surface area (Å²) in [6.07, 6.45) is 5.29. The number of sulfonamides is 1. The van der Waals surface area contributed by atoms with Gasteiger partial charge in [0.1, 0.15) is 0 Å². The SMILES string of the molecule is Cc1ccc(S(=O)(=O)N[C@@H](C)c2ccc(-n3ccnc3)cc2)cc1. The molecule has 3 rings (SSSR count). The number of rotatable bonds is 5. The fraction of sp³-hybridized carbons (Fsp3) is 0.167. The maximum Gasteiger partial charge on any atom is 0.241 e. The van der Waals surface area contributed by atoms with Crippen LogP contribution < -0.4 is 4.72 Å². The van der Waals surface area contributed by atoms with E-state index >= 15 is 0 Å². The van der Waals surface area contributed by atoms with Gasteiger partial charge >= 0.3 is 0 Å². The Morgan fingerprint density at radius 1 is 1.04 bits per heavy atom. The van der Waals surface area contributed by atoms with Crippen LogP contribution >= 0.6 is 0 Å². The van der Waals surface area contributed by atoms with Crippen LogP contribution in [0.1, 0.15) is 24.1 Å². The quantitative estimate of drug-likeness (QED) is 0.775. The van der Waals surface area contributed by atoms with Crippen LogP contribution in [0.2, 0.25) is 0 Å². The molecule has 5 nitrogen and oxygen atoms in total. The molecule has 0 saturated heterocycles. The highest BCUT2D eigenvalue weighted by atomic mass is 32.2. The lowest BCUT2D eigenvalue weighted by Gasteiger charge is -2.15. The maximum atomic E-state index is 12.5. The van der Waals surface area contributed by atoms with E-state index in [0.29, 0.717) is 0 Å². The molecule has 0 aliphatic heterocycles. The van der Waals surface area contributed by atoms with Crippen LogP contribution in [0.15, 0.2) is 72.1 Å². The van der Waals surface area contributed by atoms with Crippen LogP contribution in [0.4, 0.5) is 0 Å². The molecule has 24 heavy (non-hydrogen) atoms. The summed E-state index contributed by atoms with van der Waals surface area (Å²) in [6.45, 7) is 3.76. The second-order valence-electron chi connectivity index (χ2n) is 5.72. The first-order chi connectivity index (χ1) is 11.5. The Morgan fingerprint density at radius 2 is 1.71 bits per heavy atom. The van der Waals surface area contributed by atoms with Gasteiger partial charge in [0.2, 0.25) is 10.0 Å². The summed E-state index contributed by atoms with van der Waals surface area (Å²) in [5, 5.41) is 0. The first kappa shape index (κ1) is 16.4. The van der Waals surface area contributed by atoms with Gasteiger partial charge in [-0.1, -0.05) is 29.8 Å². The molecule has 2 aromatic carbocycles. The standard InChI is InChI=1S/C18H19N3O2S/c1-14-3-9-18(10-4-14)24(22,23)20-15(2)16-5-7-17(8-6-16)21-12-11-19-13-21/h3-13,15,20H,1-2H3/t15-/m0/s1. The molecule has 0 unspecified atom stereocenters. The van der Waals surface area contributed by atoms with Crippen molar-refractivity contribution in [2.45, 2.75) is 24.8 Å². The molecule has 0 aliphatic carbocycles. The van der Waals surface area contributed by atoms with E-state index in [2.05, 4.69) is 9.71 Å². The van der Waals surface area contributed by atoms with Crippen LogP contribution in [0.5, 0.6) is 0 Å². The number of nitrogens with one attached hydrogen (secondary N) is 1. The molecule has 0 saturated carbocycles. The first-order valence-electron chi connectivity index (χ1n) is 7.63. The molecule has 0 aliphatic rings. The molecule has 0 fully saturated rings. The molecule has 6 heteroatoms. The molecule has 0 spiro atoms. The lowest BCUT2D eigenvalue weighted by molar-refractivity contribution is 0.567. The van der Waals surface area contributed by atoms with Crippen LogP contribution in [-0.4, -0.2) is 18.0 Å². The number of imidazole rings is 1. The predicted octanol–water partition coefficient (Wildman–Crippen LogP) is 3.22. The van der Waals surface area contributed by atoms with E-state index in [0.717, 1.165) is 16.8 Å². The lowest BCUT2D eigenvalue weighted by Crippen LogP contribution is -2.26. The molecule has 1 aromatic heterocycles. The topological polar surface area (TPSA) is 64.0 Å². The Balaban J connectivity index is 1.76. The highest BCUT2D eigenvalue weighted by Gasteiger charge is 2.18. The van der Waals surface area contributed by atoms with Gasteiger partial charge in [-0.25, -0.2) is 18.1 Å². The fourth-order valence-corrected chi connectivity index (χ4v) is 3.67. The van der Waals surface area contributed by atoms with E-state index in [4.69, 9.17) is 0 Å². The molecule has 0 bridgehead atoms. The first-order valence-corrected chi connectivity index (χ1v) is 9.11. The molecule has 3 aromatic rings. The van der Waals surface area contributed by atoms with Crippen molar-refractivity contribution in [2.24, 2.45) is 0 Å². The second-order valence-corrected chi connectivity index (χ2v) is 7.43. The normalized spacial score (nSPS) is 12.9. The van der Waals surface area contributed by atoms with Crippen molar-refractivity contribution in [3.05, 3.63) is 78.4 Å². The zero-order valence-electron chi connectivity index (χ0n) is 13.5. The second kappa shape index (κ2) is 6.59. The molecule has 0 radical (unpaired) electrons. The predicted molar refractivity (Wildman–Crippen MR) is 93.5 cm³/mol. The van der Waals surface area contributed by atoms with E-state index in [1.807, 2.05) is 48.9 Å². The van der Waals surface area contributed by atoms with Gasteiger partial charge < -0.3 is 4.57 Å². The van der Waals surface area contributed by atoms with E-state index in [9.17, 15) is 8.42 Å². The van der Waals surface area contributed by atoms with E-state index in [-0.39, 0.29) is 10.9 Å². The summed E-state index contributed by atoms with van der Waals surface area (Å²) in [4.78, 5) is 4.29. The van der Waals surface area contributed by atoms with E-state index in [1.54, 1.807) is 36.8 Å². The van der Waals surface area contributed by atoms with Crippen molar-refractivity contribution < 1.29 is 8.42 Å². The maximum absolute atomic E-state index is 12.5. The van der Waals surface area contributed by atoms with Gasteiger partial charge in [0.05, 0.1) is 11.2 Å². The molecular formula is C18H19N3O2S. The van der Waals surface area contributed by atoms with Gasteiger partial charge in [0, 0.05) is 24.1 Å². The van der Waals surface area contributed by atoms with Gasteiger partial charge in [-0.15, -0.1) is 0 Å². The van der Waals surface area contributed by atoms with E-state index < -0.39 is 10.0 Å². The number of aromatic nitrogens is 2. The molecule has 0 amide bonds. The zero-order valence-corrected chi connectivity index (χ0v) is 14.4. The van der Waals surface area contributed by atoms with Crippen LogP contribution in [0, 0.1) is 6.92 Å². The van der Waals surface area contributed by atoms with Crippen molar-refractivity contribution in [1.82, 2.24) is 14.3 Å². The Labute approximate surface area is 142 Å². The van der Waals surface area contributed by atoms with Crippen molar-refractivity contribution in [3.63, 3.8) is 0 Å². The third kappa shape index (κ3) is 3.55. The molecule has 124 valence electrons. The Hall–Kier alpha value is -2.44. The average Bonchev–Trinajstić information content (AvgIpc) is 3.09. The molecule has 1 N–H and O–H groups in total. The van der Waals surface area contributed by atoms with Gasteiger partial charge in [-0.2, -0.15) is 0 Å². The summed E-state index contributed by atoms with van der Waals surface area (Å²) in [7, 11) is -3.54. The van der Waals surface area contributed by atoms with Crippen molar-refractivity contribution in [3.8, 4) is 5.69 Å². The highest BCUT2D eigenvalue weighted by Crippen LogP contribution is 2.19. The number of aryl methyl sites for hydroxylation is 1. The number of hydrogen-bond donors (Lipinski definition) is 1. The Kier molecular flexibility index (Phi) is 4.51. The van der Waals surface area contributed by atoms with E-state index in [1.165, 1.54) is 0 Å². The summed E-state index contributed by atoms with van der Waals surface area (Å²) >= 11 is 0. The minimum Gasteiger partial charge on any atom is -0.306 e. The molecule has 1 heterocycles. The summed E-state index contributed by atoms with van der Waals surface area (Å²) < 4.78 is 29.5. The number of hydrogen-bond acceptors (Lipinski definition) is 3. The zero-order chi connectivity index (χ0) is 17.2. The van der Waals surface area contributed by atoms with Gasteiger partial charge in [-0.3, -0.25) is 0 Å².